The predicted molar refractivity (Wildman–Crippen MR) is 62.1 cm³/mol. The Morgan fingerprint density at radius 2 is 2.12 bits per heavy atom. The summed E-state index contributed by atoms with van der Waals surface area (Å²) in [5, 5.41) is 2.80. The molecule has 0 radical (unpaired) electrons. The molecule has 5 heteroatoms. The van der Waals surface area contributed by atoms with Crippen LogP contribution >= 0.6 is 11.6 Å². The highest BCUT2D eigenvalue weighted by Crippen LogP contribution is 2.21. The van der Waals surface area contributed by atoms with Gasteiger partial charge in [0.1, 0.15) is 0 Å². The van der Waals surface area contributed by atoms with Crippen LogP contribution in [0.2, 0.25) is 5.02 Å². The van der Waals surface area contributed by atoms with Crippen molar-refractivity contribution in [2.45, 2.75) is 13.8 Å². The molecule has 0 atom stereocenters. The van der Waals surface area contributed by atoms with Gasteiger partial charge in [-0.25, -0.2) is 4.79 Å². The van der Waals surface area contributed by atoms with Gasteiger partial charge in [0.2, 0.25) is 0 Å². The van der Waals surface area contributed by atoms with E-state index in [1.165, 1.54) is 13.0 Å². The van der Waals surface area contributed by atoms with Gasteiger partial charge in [0.25, 0.3) is 0 Å². The SMILES string of the molecule is CCOC(=O)Nc1ccc(C(C)=O)c(Cl)c1. The number of benzene rings is 1. The molecule has 0 fully saturated rings. The second-order valence-electron chi connectivity index (χ2n) is 3.10. The minimum Gasteiger partial charge on any atom is -0.450 e. The quantitative estimate of drug-likeness (QED) is 0.828. The van der Waals surface area contributed by atoms with Crippen LogP contribution in [0, 0.1) is 0 Å². The highest BCUT2D eigenvalue weighted by molar-refractivity contribution is 6.34. The Bertz CT molecular complexity index is 418. The Balaban J connectivity index is 2.81. The molecular formula is C11H12ClNO3. The van der Waals surface area contributed by atoms with Gasteiger partial charge in [-0.3, -0.25) is 10.1 Å². The van der Waals surface area contributed by atoms with Crippen molar-refractivity contribution in [2.75, 3.05) is 11.9 Å². The average molecular weight is 242 g/mol. The maximum atomic E-state index is 11.1. The standard InChI is InChI=1S/C11H12ClNO3/c1-3-16-11(15)13-8-4-5-9(7(2)14)10(12)6-8/h4-6H,3H2,1-2H3,(H,13,15). The fraction of sp³-hybridized carbons (Fsp3) is 0.273. The number of Topliss-reactive ketones (excluding diaryl/α,β-unsaturated/α-hetero) is 1. The number of hydrogen-bond donors (Lipinski definition) is 1. The number of halogens is 1. The van der Waals surface area contributed by atoms with Gasteiger partial charge in [0.05, 0.1) is 11.6 Å². The van der Waals surface area contributed by atoms with Crippen molar-refractivity contribution in [3.8, 4) is 0 Å². The van der Waals surface area contributed by atoms with Crippen molar-refractivity contribution < 1.29 is 14.3 Å². The number of rotatable bonds is 3. The normalized spacial score (nSPS) is 9.69. The van der Waals surface area contributed by atoms with E-state index < -0.39 is 6.09 Å². The van der Waals surface area contributed by atoms with E-state index in [0.717, 1.165) is 0 Å². The largest absolute Gasteiger partial charge is 0.450 e. The van der Waals surface area contributed by atoms with Gasteiger partial charge in [-0.15, -0.1) is 0 Å². The predicted octanol–water partition coefficient (Wildman–Crippen LogP) is 3.11. The number of carbonyl (C=O) groups is 2. The second kappa shape index (κ2) is 5.51. The van der Waals surface area contributed by atoms with E-state index in [1.807, 2.05) is 0 Å². The molecule has 0 aromatic heterocycles. The van der Waals surface area contributed by atoms with Crippen molar-refractivity contribution in [3.63, 3.8) is 0 Å². The highest BCUT2D eigenvalue weighted by atomic mass is 35.5. The van der Waals surface area contributed by atoms with Gasteiger partial charge < -0.3 is 4.74 Å². The van der Waals surface area contributed by atoms with Crippen LogP contribution in [0.25, 0.3) is 0 Å². The smallest absolute Gasteiger partial charge is 0.411 e. The van der Waals surface area contributed by atoms with Crippen LogP contribution in [-0.4, -0.2) is 18.5 Å². The van der Waals surface area contributed by atoms with Crippen LogP contribution in [0.5, 0.6) is 0 Å². The monoisotopic (exact) mass is 241 g/mol. The summed E-state index contributed by atoms with van der Waals surface area (Å²) < 4.78 is 4.70. The van der Waals surface area contributed by atoms with Gasteiger partial charge in [-0.2, -0.15) is 0 Å². The number of hydrogen-bond acceptors (Lipinski definition) is 3. The molecule has 16 heavy (non-hydrogen) atoms. The second-order valence-corrected chi connectivity index (χ2v) is 3.50. The van der Waals surface area contributed by atoms with E-state index in [4.69, 9.17) is 16.3 Å². The Morgan fingerprint density at radius 1 is 1.44 bits per heavy atom. The molecule has 1 aromatic rings. The van der Waals surface area contributed by atoms with Crippen molar-refractivity contribution in [1.29, 1.82) is 0 Å². The van der Waals surface area contributed by atoms with Crippen molar-refractivity contribution in [1.82, 2.24) is 0 Å². The molecule has 1 rings (SSSR count). The first kappa shape index (κ1) is 12.5. The average Bonchev–Trinajstić information content (AvgIpc) is 2.17. The van der Waals surface area contributed by atoms with Crippen LogP contribution in [0.1, 0.15) is 24.2 Å². The molecule has 0 saturated carbocycles. The molecule has 0 heterocycles. The molecule has 0 unspecified atom stereocenters. The molecule has 1 aromatic carbocycles. The van der Waals surface area contributed by atoms with E-state index in [2.05, 4.69) is 5.32 Å². The lowest BCUT2D eigenvalue weighted by atomic mass is 10.1. The van der Waals surface area contributed by atoms with E-state index >= 15 is 0 Å². The number of ketones is 1. The third kappa shape index (κ3) is 3.24. The highest BCUT2D eigenvalue weighted by Gasteiger charge is 2.08. The number of amides is 1. The molecule has 0 bridgehead atoms. The molecular weight excluding hydrogens is 230 g/mol. The lowest BCUT2D eigenvalue weighted by Gasteiger charge is -2.06. The van der Waals surface area contributed by atoms with Gasteiger partial charge in [-0.1, -0.05) is 11.6 Å². The number of nitrogens with one attached hydrogen (secondary N) is 1. The molecule has 86 valence electrons. The van der Waals surface area contributed by atoms with Gasteiger partial charge >= 0.3 is 6.09 Å². The van der Waals surface area contributed by atoms with Crippen molar-refractivity contribution >= 4 is 29.2 Å². The zero-order valence-corrected chi connectivity index (χ0v) is 9.80. The third-order valence-corrected chi connectivity index (χ3v) is 2.18. The summed E-state index contributed by atoms with van der Waals surface area (Å²) in [5.41, 5.74) is 0.921. The minimum atomic E-state index is -0.547. The summed E-state index contributed by atoms with van der Waals surface area (Å²) in [6.45, 7) is 3.44. The summed E-state index contributed by atoms with van der Waals surface area (Å²) in [6.07, 6.45) is -0.547. The van der Waals surface area contributed by atoms with Crippen molar-refractivity contribution in [3.05, 3.63) is 28.8 Å². The maximum absolute atomic E-state index is 11.1. The summed E-state index contributed by atoms with van der Waals surface area (Å²) >= 11 is 5.87. The summed E-state index contributed by atoms with van der Waals surface area (Å²) in [5.74, 6) is -0.118. The van der Waals surface area contributed by atoms with Crippen LogP contribution in [0.4, 0.5) is 10.5 Å². The topological polar surface area (TPSA) is 55.4 Å². The van der Waals surface area contributed by atoms with E-state index in [1.54, 1.807) is 19.1 Å². The van der Waals surface area contributed by atoms with E-state index in [9.17, 15) is 9.59 Å². The van der Waals surface area contributed by atoms with Crippen LogP contribution in [-0.2, 0) is 4.74 Å². The zero-order valence-electron chi connectivity index (χ0n) is 9.04. The number of ether oxygens (including phenoxy) is 1. The fourth-order valence-corrected chi connectivity index (χ4v) is 1.48. The summed E-state index contributed by atoms with van der Waals surface area (Å²) in [6, 6.07) is 4.67. The fourth-order valence-electron chi connectivity index (χ4n) is 1.16. The zero-order chi connectivity index (χ0) is 12.1. The molecule has 0 aliphatic carbocycles. The summed E-state index contributed by atoms with van der Waals surface area (Å²) in [7, 11) is 0. The molecule has 4 nitrogen and oxygen atoms in total. The van der Waals surface area contributed by atoms with Crippen LogP contribution < -0.4 is 5.32 Å². The first-order valence-corrected chi connectivity index (χ1v) is 5.16. The maximum Gasteiger partial charge on any atom is 0.411 e. The van der Waals surface area contributed by atoms with Crippen LogP contribution in [0.15, 0.2) is 18.2 Å². The third-order valence-electron chi connectivity index (χ3n) is 1.87. The summed E-state index contributed by atoms with van der Waals surface area (Å²) in [4.78, 5) is 22.2. The minimum absolute atomic E-state index is 0.118. The van der Waals surface area contributed by atoms with Gasteiger partial charge in [0, 0.05) is 11.3 Å². The van der Waals surface area contributed by atoms with E-state index in [0.29, 0.717) is 22.9 Å². The van der Waals surface area contributed by atoms with Gasteiger partial charge in [0.15, 0.2) is 5.78 Å². The first-order chi connectivity index (χ1) is 7.54. The van der Waals surface area contributed by atoms with Crippen LogP contribution in [0.3, 0.4) is 0 Å². The number of carbonyl (C=O) groups excluding carboxylic acids is 2. The molecule has 1 amide bonds. The first-order valence-electron chi connectivity index (χ1n) is 4.79. The molecule has 0 aliphatic heterocycles. The van der Waals surface area contributed by atoms with E-state index in [-0.39, 0.29) is 5.78 Å². The van der Waals surface area contributed by atoms with Gasteiger partial charge in [-0.05, 0) is 32.0 Å². The Morgan fingerprint density at radius 3 is 2.62 bits per heavy atom. The molecule has 0 saturated heterocycles. The Hall–Kier alpha value is -1.55. The number of anilines is 1. The molecule has 0 spiro atoms. The molecule has 0 aliphatic rings. The lowest BCUT2D eigenvalue weighted by Crippen LogP contribution is -2.13. The lowest BCUT2D eigenvalue weighted by molar-refractivity contribution is 0.101. The molecule has 1 N–H and O–H groups in total. The Kier molecular flexibility index (Phi) is 4.31. The van der Waals surface area contributed by atoms with Crippen molar-refractivity contribution in [2.24, 2.45) is 0 Å². The Labute approximate surface area is 98.5 Å².